The number of benzene rings is 1. The highest BCUT2D eigenvalue weighted by molar-refractivity contribution is 7.89. The molecule has 1 fully saturated rings. The number of amides is 2. The van der Waals surface area contributed by atoms with E-state index in [1.807, 2.05) is 6.92 Å². The van der Waals surface area contributed by atoms with E-state index in [9.17, 15) is 18.0 Å². The van der Waals surface area contributed by atoms with Crippen molar-refractivity contribution in [1.82, 2.24) is 19.9 Å². The molecule has 0 spiro atoms. The lowest BCUT2D eigenvalue weighted by Crippen LogP contribution is -2.53. The summed E-state index contributed by atoms with van der Waals surface area (Å²) >= 11 is 0. The van der Waals surface area contributed by atoms with Gasteiger partial charge < -0.3 is 15.4 Å². The molecule has 1 atom stereocenters. The highest BCUT2D eigenvalue weighted by Gasteiger charge is 2.34. The summed E-state index contributed by atoms with van der Waals surface area (Å²) in [6.07, 6.45) is 2.85. The van der Waals surface area contributed by atoms with E-state index in [0.29, 0.717) is 13.0 Å². The van der Waals surface area contributed by atoms with Gasteiger partial charge >= 0.3 is 11.8 Å². The molecular weight excluding hydrogens is 408 g/mol. The summed E-state index contributed by atoms with van der Waals surface area (Å²) in [6, 6.07) is 10.0. The number of hydrogen-bond acceptors (Lipinski definition) is 6. The molecule has 2 amide bonds. The van der Waals surface area contributed by atoms with Gasteiger partial charge in [-0.3, -0.25) is 14.6 Å². The lowest BCUT2D eigenvalue weighted by Gasteiger charge is -2.34. The Labute approximate surface area is 175 Å². The van der Waals surface area contributed by atoms with Gasteiger partial charge in [0.25, 0.3) is 0 Å². The quantitative estimate of drug-likeness (QED) is 0.644. The number of aryl methyl sites for hydroxylation is 1. The molecule has 1 aromatic heterocycles. The minimum absolute atomic E-state index is 0.135. The maximum atomic E-state index is 13.0. The molecule has 1 aliphatic rings. The topological polar surface area (TPSA) is 118 Å². The van der Waals surface area contributed by atoms with E-state index < -0.39 is 28.1 Å². The lowest BCUT2D eigenvalue weighted by atomic mass is 10.2. The minimum atomic E-state index is -3.79. The first kappa shape index (κ1) is 21.9. The van der Waals surface area contributed by atoms with Crippen LogP contribution in [-0.2, 0) is 30.9 Å². The van der Waals surface area contributed by atoms with Crippen LogP contribution in [0.5, 0.6) is 0 Å². The van der Waals surface area contributed by atoms with Crippen molar-refractivity contribution in [3.05, 3.63) is 59.9 Å². The summed E-state index contributed by atoms with van der Waals surface area (Å²) in [5.74, 6) is -1.68. The second-order valence-corrected chi connectivity index (χ2v) is 8.75. The Morgan fingerprint density at radius 2 is 1.90 bits per heavy atom. The standard InChI is InChI=1S/C20H24N4O5S/c1-15-5-7-17(8-6-15)30(27,28)24-10-3-11-29-18(24)14-23-20(26)19(25)22-13-16-4-2-9-21-12-16/h2,4-9,12,18H,3,10-11,13-14H2,1H3,(H,22,25)(H,23,26)/t18-/m1/s1. The van der Waals surface area contributed by atoms with E-state index >= 15 is 0 Å². The van der Waals surface area contributed by atoms with Gasteiger partial charge in [0.15, 0.2) is 0 Å². The van der Waals surface area contributed by atoms with Crippen LogP contribution in [0.1, 0.15) is 17.5 Å². The smallest absolute Gasteiger partial charge is 0.309 e. The molecule has 2 heterocycles. The van der Waals surface area contributed by atoms with Gasteiger partial charge in [-0.25, -0.2) is 8.42 Å². The number of hydrogen-bond donors (Lipinski definition) is 2. The number of ether oxygens (including phenoxy) is 1. The van der Waals surface area contributed by atoms with Crippen LogP contribution in [0.4, 0.5) is 0 Å². The molecule has 0 saturated carbocycles. The molecule has 160 valence electrons. The number of carbonyl (C=O) groups is 2. The normalized spacial score (nSPS) is 17.3. The fourth-order valence-corrected chi connectivity index (χ4v) is 4.54. The summed E-state index contributed by atoms with van der Waals surface area (Å²) < 4.78 is 32.8. The average Bonchev–Trinajstić information content (AvgIpc) is 2.77. The Morgan fingerprint density at radius 3 is 2.60 bits per heavy atom. The second kappa shape index (κ2) is 9.79. The van der Waals surface area contributed by atoms with Gasteiger partial charge in [0.05, 0.1) is 18.0 Å². The summed E-state index contributed by atoms with van der Waals surface area (Å²) in [7, 11) is -3.79. The Morgan fingerprint density at radius 1 is 1.17 bits per heavy atom. The molecular formula is C20H24N4O5S. The van der Waals surface area contributed by atoms with E-state index in [2.05, 4.69) is 15.6 Å². The van der Waals surface area contributed by atoms with Gasteiger partial charge in [-0.2, -0.15) is 4.31 Å². The van der Waals surface area contributed by atoms with Crippen LogP contribution in [0.15, 0.2) is 53.7 Å². The second-order valence-electron chi connectivity index (χ2n) is 6.86. The van der Waals surface area contributed by atoms with Gasteiger partial charge in [0.1, 0.15) is 6.23 Å². The number of aromatic nitrogens is 1. The Kier molecular flexibility index (Phi) is 7.14. The van der Waals surface area contributed by atoms with E-state index in [1.165, 1.54) is 4.31 Å². The Hall–Kier alpha value is -2.82. The Bertz CT molecular complexity index is 980. The summed E-state index contributed by atoms with van der Waals surface area (Å²) in [5.41, 5.74) is 1.70. The van der Waals surface area contributed by atoms with Crippen molar-refractivity contribution >= 4 is 21.8 Å². The third kappa shape index (κ3) is 5.41. The highest BCUT2D eigenvalue weighted by atomic mass is 32.2. The third-order valence-electron chi connectivity index (χ3n) is 4.60. The van der Waals surface area contributed by atoms with Crippen LogP contribution in [0, 0.1) is 6.92 Å². The SMILES string of the molecule is Cc1ccc(S(=O)(=O)N2CCCO[C@@H]2CNC(=O)C(=O)NCc2cccnc2)cc1. The average molecular weight is 433 g/mol. The van der Waals surface area contributed by atoms with Crippen LogP contribution in [0.3, 0.4) is 0 Å². The van der Waals surface area contributed by atoms with Crippen molar-refractivity contribution in [3.8, 4) is 0 Å². The minimum Gasteiger partial charge on any atom is -0.360 e. The molecule has 2 aromatic rings. The van der Waals surface area contributed by atoms with Gasteiger partial charge in [-0.15, -0.1) is 0 Å². The van der Waals surface area contributed by atoms with Crippen LogP contribution < -0.4 is 10.6 Å². The molecule has 1 saturated heterocycles. The maximum absolute atomic E-state index is 13.0. The van der Waals surface area contributed by atoms with Crippen molar-refractivity contribution in [1.29, 1.82) is 0 Å². The van der Waals surface area contributed by atoms with E-state index in [4.69, 9.17) is 4.74 Å². The zero-order chi connectivity index (χ0) is 21.6. The van der Waals surface area contributed by atoms with E-state index in [-0.39, 0.29) is 24.5 Å². The fourth-order valence-electron chi connectivity index (χ4n) is 2.97. The number of pyridine rings is 1. The van der Waals surface area contributed by atoms with Gasteiger partial charge in [-0.05, 0) is 37.1 Å². The molecule has 2 N–H and O–H groups in total. The molecule has 0 bridgehead atoms. The van der Waals surface area contributed by atoms with Crippen LogP contribution in [-0.4, -0.2) is 55.4 Å². The van der Waals surface area contributed by atoms with Crippen molar-refractivity contribution < 1.29 is 22.7 Å². The molecule has 0 radical (unpaired) electrons. The van der Waals surface area contributed by atoms with Crippen LogP contribution >= 0.6 is 0 Å². The van der Waals surface area contributed by atoms with Crippen molar-refractivity contribution in [2.45, 2.75) is 31.0 Å². The molecule has 30 heavy (non-hydrogen) atoms. The molecule has 10 heteroatoms. The third-order valence-corrected chi connectivity index (χ3v) is 6.50. The fraction of sp³-hybridized carbons (Fsp3) is 0.350. The first-order chi connectivity index (χ1) is 14.4. The Balaban J connectivity index is 1.59. The van der Waals surface area contributed by atoms with E-state index in [1.54, 1.807) is 48.8 Å². The first-order valence-corrected chi connectivity index (χ1v) is 11.0. The molecule has 3 rings (SSSR count). The zero-order valence-corrected chi connectivity index (χ0v) is 17.4. The van der Waals surface area contributed by atoms with Crippen molar-refractivity contribution in [3.63, 3.8) is 0 Å². The van der Waals surface area contributed by atoms with Crippen LogP contribution in [0.2, 0.25) is 0 Å². The van der Waals surface area contributed by atoms with Crippen LogP contribution in [0.25, 0.3) is 0 Å². The number of sulfonamides is 1. The summed E-state index contributed by atoms with van der Waals surface area (Å²) in [6.45, 7) is 2.54. The van der Waals surface area contributed by atoms with E-state index in [0.717, 1.165) is 11.1 Å². The van der Waals surface area contributed by atoms with Gasteiger partial charge in [0, 0.05) is 25.5 Å². The predicted molar refractivity (Wildman–Crippen MR) is 109 cm³/mol. The number of nitrogens with one attached hydrogen (secondary N) is 2. The number of rotatable bonds is 6. The van der Waals surface area contributed by atoms with Gasteiger partial charge in [0.2, 0.25) is 10.0 Å². The summed E-state index contributed by atoms with van der Waals surface area (Å²) in [5, 5.41) is 4.95. The monoisotopic (exact) mass is 432 g/mol. The van der Waals surface area contributed by atoms with Crippen molar-refractivity contribution in [2.75, 3.05) is 19.7 Å². The highest BCUT2D eigenvalue weighted by Crippen LogP contribution is 2.22. The number of nitrogens with zero attached hydrogens (tertiary/aromatic N) is 2. The maximum Gasteiger partial charge on any atom is 0.309 e. The zero-order valence-electron chi connectivity index (χ0n) is 16.6. The summed E-state index contributed by atoms with van der Waals surface area (Å²) in [4.78, 5) is 28.2. The molecule has 1 aliphatic heterocycles. The molecule has 9 nitrogen and oxygen atoms in total. The predicted octanol–water partition coefficient (Wildman–Crippen LogP) is 0.560. The van der Waals surface area contributed by atoms with Crippen molar-refractivity contribution in [2.24, 2.45) is 0 Å². The molecule has 0 aliphatic carbocycles. The largest absolute Gasteiger partial charge is 0.360 e. The number of carbonyl (C=O) groups excluding carboxylic acids is 2. The molecule has 0 unspecified atom stereocenters. The lowest BCUT2D eigenvalue weighted by molar-refractivity contribution is -0.140. The van der Waals surface area contributed by atoms with Gasteiger partial charge in [-0.1, -0.05) is 23.8 Å². The first-order valence-electron chi connectivity index (χ1n) is 9.53. The molecule has 1 aromatic carbocycles.